The van der Waals surface area contributed by atoms with Gasteiger partial charge in [0, 0.05) is 29.9 Å². The number of halogens is 1. The van der Waals surface area contributed by atoms with Crippen LogP contribution in [0.25, 0.3) is 0 Å². The average Bonchev–Trinajstić information content (AvgIpc) is 2.59. The van der Waals surface area contributed by atoms with Gasteiger partial charge in [0.05, 0.1) is 12.5 Å². The molecule has 0 radical (unpaired) electrons. The Balaban J connectivity index is 2.17. The Kier molecular flexibility index (Phi) is 7.44. The molecule has 2 rings (SSSR count). The van der Waals surface area contributed by atoms with E-state index in [1.54, 1.807) is 19.9 Å². The minimum absolute atomic E-state index is 0.162. The van der Waals surface area contributed by atoms with Crippen LogP contribution >= 0.6 is 11.6 Å². The van der Waals surface area contributed by atoms with Gasteiger partial charge in [0.15, 0.2) is 5.60 Å². The van der Waals surface area contributed by atoms with E-state index < -0.39 is 17.2 Å². The van der Waals surface area contributed by atoms with E-state index in [0.717, 1.165) is 25.1 Å². The monoisotopic (exact) mass is 425 g/mol. The quantitative estimate of drug-likeness (QED) is 0.619. The molecule has 0 saturated carbocycles. The van der Waals surface area contributed by atoms with Gasteiger partial charge in [-0.05, 0) is 66.5 Å². The molecule has 1 aromatic carbocycles. The van der Waals surface area contributed by atoms with E-state index in [4.69, 9.17) is 25.8 Å². The van der Waals surface area contributed by atoms with E-state index in [9.17, 15) is 9.59 Å². The lowest BCUT2D eigenvalue weighted by Gasteiger charge is -2.34. The Morgan fingerprint density at radius 2 is 1.86 bits per heavy atom. The molecule has 1 atom stereocenters. The molecule has 29 heavy (non-hydrogen) atoms. The van der Waals surface area contributed by atoms with Crippen LogP contribution in [-0.2, 0) is 19.1 Å². The van der Waals surface area contributed by atoms with E-state index in [1.807, 2.05) is 39.8 Å². The normalized spacial score (nSPS) is 17.6. The highest BCUT2D eigenvalue weighted by atomic mass is 35.5. The van der Waals surface area contributed by atoms with Crippen LogP contribution in [0.3, 0.4) is 0 Å². The van der Waals surface area contributed by atoms with Gasteiger partial charge in [-0.3, -0.25) is 4.79 Å². The summed E-state index contributed by atoms with van der Waals surface area (Å²) in [5.41, 5.74) is -0.931. The van der Waals surface area contributed by atoms with Crippen molar-refractivity contribution < 1.29 is 23.8 Å². The predicted octanol–water partition coefficient (Wildman–Crippen LogP) is 4.62. The van der Waals surface area contributed by atoms with Gasteiger partial charge in [-0.25, -0.2) is 4.79 Å². The molecular formula is C22H32ClNO5. The van der Waals surface area contributed by atoms with Crippen molar-refractivity contribution in [2.45, 2.75) is 65.6 Å². The maximum atomic E-state index is 12.5. The molecule has 1 aliphatic heterocycles. The summed E-state index contributed by atoms with van der Waals surface area (Å²) in [5.74, 6) is -0.305. The third-order valence-corrected chi connectivity index (χ3v) is 4.74. The van der Waals surface area contributed by atoms with Gasteiger partial charge in [0.25, 0.3) is 0 Å². The fourth-order valence-corrected chi connectivity index (χ4v) is 3.41. The lowest BCUT2D eigenvalue weighted by Crippen LogP contribution is -2.43. The number of esters is 2. The first-order chi connectivity index (χ1) is 13.4. The first kappa shape index (κ1) is 23.3. The smallest absolute Gasteiger partial charge is 0.350 e. The molecule has 7 heteroatoms. The van der Waals surface area contributed by atoms with Crippen LogP contribution in [0.4, 0.5) is 5.69 Å². The highest BCUT2D eigenvalue weighted by molar-refractivity contribution is 6.31. The van der Waals surface area contributed by atoms with Crippen LogP contribution in [-0.4, -0.2) is 42.8 Å². The van der Waals surface area contributed by atoms with Crippen molar-refractivity contribution in [3.05, 3.63) is 23.2 Å². The summed E-state index contributed by atoms with van der Waals surface area (Å²) in [6.45, 7) is 12.3. The van der Waals surface area contributed by atoms with Crippen LogP contribution in [0.5, 0.6) is 5.75 Å². The van der Waals surface area contributed by atoms with Crippen LogP contribution in [0.1, 0.15) is 54.4 Å². The molecule has 1 aromatic rings. The number of nitrogens with zero attached hydrogens (tertiary/aromatic N) is 1. The fourth-order valence-electron chi connectivity index (χ4n) is 3.19. The fraction of sp³-hybridized carbons (Fsp3) is 0.636. The van der Waals surface area contributed by atoms with Crippen LogP contribution in [0, 0.1) is 5.92 Å². The number of carbonyl (C=O) groups excluding carboxylic acids is 2. The Bertz CT molecular complexity index is 741. The molecule has 0 unspecified atom stereocenters. The summed E-state index contributed by atoms with van der Waals surface area (Å²) in [7, 11) is 0. The van der Waals surface area contributed by atoms with Crippen LogP contribution in [0.2, 0.25) is 5.02 Å². The number of benzene rings is 1. The van der Waals surface area contributed by atoms with Crippen molar-refractivity contribution in [2.24, 2.45) is 5.92 Å². The first-order valence-corrected chi connectivity index (χ1v) is 10.4. The Morgan fingerprint density at radius 3 is 2.48 bits per heavy atom. The zero-order valence-electron chi connectivity index (χ0n) is 18.2. The number of ether oxygens (including phenoxy) is 3. The SMILES string of the molecule is CCOC(=O)[C@@H]1CCCN(c2cc(Cl)cc(OC(C)(C)C(=O)OC(C)(C)C)c2)C1. The average molecular weight is 426 g/mol. The molecule has 162 valence electrons. The molecular weight excluding hydrogens is 394 g/mol. The number of carbonyl (C=O) groups is 2. The lowest BCUT2D eigenvalue weighted by atomic mass is 9.97. The van der Waals surface area contributed by atoms with Gasteiger partial charge in [-0.15, -0.1) is 0 Å². The van der Waals surface area contributed by atoms with Crippen LogP contribution in [0.15, 0.2) is 18.2 Å². The Labute approximate surface area is 178 Å². The predicted molar refractivity (Wildman–Crippen MR) is 114 cm³/mol. The van der Waals surface area contributed by atoms with Crippen molar-refractivity contribution in [3.63, 3.8) is 0 Å². The van der Waals surface area contributed by atoms with E-state index in [2.05, 4.69) is 4.90 Å². The first-order valence-electron chi connectivity index (χ1n) is 10.1. The maximum Gasteiger partial charge on any atom is 0.350 e. The van der Waals surface area contributed by atoms with Crippen molar-refractivity contribution in [1.29, 1.82) is 0 Å². The van der Waals surface area contributed by atoms with Crippen molar-refractivity contribution in [2.75, 3.05) is 24.6 Å². The topological polar surface area (TPSA) is 65.1 Å². The van der Waals surface area contributed by atoms with Crippen LogP contribution < -0.4 is 9.64 Å². The van der Waals surface area contributed by atoms with Gasteiger partial charge in [-0.1, -0.05) is 11.6 Å². The minimum Gasteiger partial charge on any atom is -0.476 e. The second-order valence-electron chi connectivity index (χ2n) is 8.80. The number of piperidine rings is 1. The number of rotatable bonds is 6. The molecule has 0 amide bonds. The summed E-state index contributed by atoms with van der Waals surface area (Å²) in [6.07, 6.45) is 1.69. The third kappa shape index (κ3) is 6.81. The summed E-state index contributed by atoms with van der Waals surface area (Å²) in [6, 6.07) is 5.35. The Morgan fingerprint density at radius 1 is 1.17 bits per heavy atom. The molecule has 1 saturated heterocycles. The highest BCUT2D eigenvalue weighted by Gasteiger charge is 2.35. The molecule has 0 N–H and O–H groups in total. The molecule has 1 aliphatic rings. The van der Waals surface area contributed by atoms with Crippen molar-refractivity contribution in [3.8, 4) is 5.75 Å². The van der Waals surface area contributed by atoms with E-state index in [0.29, 0.717) is 23.9 Å². The molecule has 6 nitrogen and oxygen atoms in total. The standard InChI is InChI=1S/C22H32ClNO5/c1-7-27-19(25)15-9-8-10-24(14-15)17-11-16(23)12-18(13-17)28-22(5,6)20(26)29-21(2,3)4/h11-13,15H,7-10,14H2,1-6H3/t15-/m1/s1. The summed E-state index contributed by atoms with van der Waals surface area (Å²) >= 11 is 6.32. The number of anilines is 1. The van der Waals surface area contributed by atoms with E-state index >= 15 is 0 Å². The summed E-state index contributed by atoms with van der Waals surface area (Å²) in [4.78, 5) is 26.7. The minimum atomic E-state index is -1.18. The molecule has 0 bridgehead atoms. The second kappa shape index (κ2) is 9.24. The van der Waals surface area contributed by atoms with Crippen molar-refractivity contribution >= 4 is 29.2 Å². The Hall–Kier alpha value is -1.95. The molecule has 1 fully saturated rings. The largest absolute Gasteiger partial charge is 0.476 e. The summed E-state index contributed by atoms with van der Waals surface area (Å²) < 4.78 is 16.6. The molecule has 1 heterocycles. The zero-order chi connectivity index (χ0) is 21.8. The molecule has 0 spiro atoms. The van der Waals surface area contributed by atoms with E-state index in [-0.39, 0.29) is 11.9 Å². The van der Waals surface area contributed by atoms with Gasteiger partial charge >= 0.3 is 11.9 Å². The van der Waals surface area contributed by atoms with Gasteiger partial charge < -0.3 is 19.1 Å². The molecule has 0 aromatic heterocycles. The van der Waals surface area contributed by atoms with Gasteiger partial charge in [0.1, 0.15) is 11.4 Å². The van der Waals surface area contributed by atoms with Gasteiger partial charge in [0.2, 0.25) is 0 Å². The summed E-state index contributed by atoms with van der Waals surface area (Å²) in [5, 5.41) is 0.496. The number of hydrogen-bond donors (Lipinski definition) is 0. The maximum absolute atomic E-state index is 12.5. The third-order valence-electron chi connectivity index (χ3n) is 4.53. The van der Waals surface area contributed by atoms with Gasteiger partial charge in [-0.2, -0.15) is 0 Å². The second-order valence-corrected chi connectivity index (χ2v) is 9.23. The zero-order valence-corrected chi connectivity index (χ0v) is 19.0. The van der Waals surface area contributed by atoms with E-state index in [1.165, 1.54) is 0 Å². The van der Waals surface area contributed by atoms with Crippen molar-refractivity contribution in [1.82, 2.24) is 0 Å². The lowest BCUT2D eigenvalue weighted by molar-refractivity contribution is -0.171. The molecule has 0 aliphatic carbocycles. The number of hydrogen-bond acceptors (Lipinski definition) is 6. The highest BCUT2D eigenvalue weighted by Crippen LogP contribution is 2.32.